The van der Waals surface area contributed by atoms with Gasteiger partial charge in [-0.3, -0.25) is 0 Å². The van der Waals surface area contributed by atoms with Crippen LogP contribution in [0.2, 0.25) is 10.0 Å². The number of rotatable bonds is 2. The Morgan fingerprint density at radius 3 is 2.50 bits per heavy atom. The molecule has 7 heteroatoms. The van der Waals surface area contributed by atoms with E-state index in [1.165, 1.54) is 4.90 Å². The van der Waals surface area contributed by atoms with E-state index in [0.29, 0.717) is 29.7 Å². The summed E-state index contributed by atoms with van der Waals surface area (Å²) in [6, 6.07) is 5.32. The second-order valence-electron chi connectivity index (χ2n) is 7.23. The summed E-state index contributed by atoms with van der Waals surface area (Å²) in [6.07, 6.45) is -1.50. The van der Waals surface area contributed by atoms with Crippen LogP contribution < -0.4 is 5.73 Å². The molecule has 0 aromatic heterocycles. The monoisotopic (exact) mass is 374 g/mol. The fourth-order valence-electron chi connectivity index (χ4n) is 2.90. The largest absolute Gasteiger partial charge is 0.465 e. The van der Waals surface area contributed by atoms with Gasteiger partial charge in [-0.1, -0.05) is 50.0 Å². The Bertz CT molecular complexity index is 604. The third kappa shape index (κ3) is 4.33. The highest BCUT2D eigenvalue weighted by molar-refractivity contribution is 6.42. The van der Waals surface area contributed by atoms with Gasteiger partial charge >= 0.3 is 6.09 Å². The molecule has 1 aromatic rings. The smallest absolute Gasteiger partial charge is 0.407 e. The molecule has 1 aliphatic heterocycles. The minimum absolute atomic E-state index is 0.201. The Kier molecular flexibility index (Phi) is 6.02. The van der Waals surface area contributed by atoms with Crippen molar-refractivity contribution in [2.75, 3.05) is 19.6 Å². The fourth-order valence-corrected chi connectivity index (χ4v) is 3.20. The zero-order valence-electron chi connectivity index (χ0n) is 14.1. The number of amides is 1. The molecular weight excluding hydrogens is 351 g/mol. The maximum absolute atomic E-state index is 11.7. The first-order valence-electron chi connectivity index (χ1n) is 7.91. The van der Waals surface area contributed by atoms with Crippen LogP contribution in [0.5, 0.6) is 0 Å². The summed E-state index contributed by atoms with van der Waals surface area (Å²) < 4.78 is 6.24. The minimum Gasteiger partial charge on any atom is -0.465 e. The Labute approximate surface area is 152 Å². The van der Waals surface area contributed by atoms with E-state index in [1.54, 1.807) is 12.1 Å². The van der Waals surface area contributed by atoms with E-state index in [1.807, 2.05) is 26.8 Å². The Hall–Kier alpha value is -1.01. The molecule has 1 amide bonds. The number of halogens is 2. The van der Waals surface area contributed by atoms with Gasteiger partial charge in [0.15, 0.2) is 0 Å². The number of carbonyl (C=O) groups is 1. The standard InChI is InChI=1S/C17H24Cl2N2O3/c1-17(2,3)15-9-21(16(22)23)8-11(14(7-20)24-15)10-4-5-12(18)13(19)6-10/h4-6,11,14-15H,7-9,20H2,1-3H3,(H,22,23)/t11-,14+,15?/m0/s1. The topological polar surface area (TPSA) is 75.8 Å². The molecule has 1 unspecified atom stereocenters. The summed E-state index contributed by atoms with van der Waals surface area (Å²) in [5.41, 5.74) is 6.62. The van der Waals surface area contributed by atoms with Crippen molar-refractivity contribution in [3.63, 3.8) is 0 Å². The van der Waals surface area contributed by atoms with E-state index in [4.69, 9.17) is 33.7 Å². The Morgan fingerprint density at radius 2 is 2.00 bits per heavy atom. The molecule has 24 heavy (non-hydrogen) atoms. The lowest BCUT2D eigenvalue weighted by Crippen LogP contribution is -2.42. The number of carboxylic acid groups (broad SMARTS) is 1. The van der Waals surface area contributed by atoms with Crippen LogP contribution >= 0.6 is 23.2 Å². The van der Waals surface area contributed by atoms with Crippen LogP contribution in [0, 0.1) is 5.41 Å². The molecular formula is C17H24Cl2N2O3. The molecule has 1 fully saturated rings. The molecule has 0 bridgehead atoms. The molecule has 1 saturated heterocycles. The number of hydrogen-bond donors (Lipinski definition) is 2. The van der Waals surface area contributed by atoms with E-state index >= 15 is 0 Å². The van der Waals surface area contributed by atoms with Gasteiger partial charge in [0, 0.05) is 19.0 Å². The third-order valence-electron chi connectivity index (χ3n) is 4.43. The second kappa shape index (κ2) is 7.48. The summed E-state index contributed by atoms with van der Waals surface area (Å²) >= 11 is 12.1. The van der Waals surface area contributed by atoms with Crippen molar-refractivity contribution in [1.29, 1.82) is 0 Å². The van der Waals surface area contributed by atoms with Crippen LogP contribution in [-0.2, 0) is 4.74 Å². The van der Waals surface area contributed by atoms with Gasteiger partial charge in [-0.2, -0.15) is 0 Å². The van der Waals surface area contributed by atoms with Crippen molar-refractivity contribution in [2.45, 2.75) is 38.9 Å². The van der Waals surface area contributed by atoms with Gasteiger partial charge in [0.1, 0.15) is 0 Å². The van der Waals surface area contributed by atoms with Crippen LogP contribution in [0.3, 0.4) is 0 Å². The molecule has 3 N–H and O–H groups in total. The summed E-state index contributed by atoms with van der Waals surface area (Å²) in [5, 5.41) is 10.5. The van der Waals surface area contributed by atoms with Crippen molar-refractivity contribution in [3.05, 3.63) is 33.8 Å². The molecule has 0 saturated carbocycles. The van der Waals surface area contributed by atoms with Gasteiger partial charge in [-0.05, 0) is 23.1 Å². The lowest BCUT2D eigenvalue weighted by molar-refractivity contribution is -0.0619. The van der Waals surface area contributed by atoms with E-state index in [0.717, 1.165) is 5.56 Å². The maximum Gasteiger partial charge on any atom is 0.407 e. The molecule has 0 radical (unpaired) electrons. The maximum atomic E-state index is 11.7. The van der Waals surface area contributed by atoms with Crippen molar-refractivity contribution < 1.29 is 14.6 Å². The van der Waals surface area contributed by atoms with Gasteiger partial charge in [0.2, 0.25) is 0 Å². The molecule has 2 rings (SSSR count). The quantitative estimate of drug-likeness (QED) is 0.824. The number of hydrogen-bond acceptors (Lipinski definition) is 3. The second-order valence-corrected chi connectivity index (χ2v) is 8.05. The molecule has 1 aromatic carbocycles. The van der Waals surface area contributed by atoms with Gasteiger partial charge < -0.3 is 20.5 Å². The minimum atomic E-state index is -0.962. The summed E-state index contributed by atoms with van der Waals surface area (Å²) in [6.45, 7) is 7.01. The molecule has 0 aliphatic carbocycles. The molecule has 1 aliphatic rings. The third-order valence-corrected chi connectivity index (χ3v) is 5.17. The highest BCUT2D eigenvalue weighted by Gasteiger charge is 2.39. The van der Waals surface area contributed by atoms with E-state index in [-0.39, 0.29) is 23.5 Å². The first-order valence-corrected chi connectivity index (χ1v) is 8.67. The van der Waals surface area contributed by atoms with E-state index in [2.05, 4.69) is 0 Å². The Balaban J connectivity index is 2.41. The summed E-state index contributed by atoms with van der Waals surface area (Å²) in [7, 11) is 0. The summed E-state index contributed by atoms with van der Waals surface area (Å²) in [4.78, 5) is 13.1. The van der Waals surface area contributed by atoms with Crippen molar-refractivity contribution >= 4 is 29.3 Å². The van der Waals surface area contributed by atoms with Gasteiger partial charge in [0.25, 0.3) is 0 Å². The number of nitrogens with zero attached hydrogens (tertiary/aromatic N) is 1. The number of benzene rings is 1. The fraction of sp³-hybridized carbons (Fsp3) is 0.588. The molecule has 1 heterocycles. The average Bonchev–Trinajstić information content (AvgIpc) is 2.69. The SMILES string of the molecule is CC(C)(C)C1CN(C(=O)O)C[C@@H](c2ccc(Cl)c(Cl)c2)[C@@H](CN)O1. The molecule has 134 valence electrons. The van der Waals surface area contributed by atoms with E-state index < -0.39 is 6.09 Å². The number of ether oxygens (including phenoxy) is 1. The average molecular weight is 375 g/mol. The molecule has 5 nitrogen and oxygen atoms in total. The molecule has 0 spiro atoms. The molecule has 3 atom stereocenters. The van der Waals surface area contributed by atoms with Crippen LogP contribution in [0.15, 0.2) is 18.2 Å². The zero-order valence-corrected chi connectivity index (χ0v) is 15.6. The van der Waals surface area contributed by atoms with Gasteiger partial charge in [-0.25, -0.2) is 4.79 Å². The highest BCUT2D eigenvalue weighted by Crippen LogP contribution is 2.35. The van der Waals surface area contributed by atoms with Crippen molar-refractivity contribution in [1.82, 2.24) is 4.90 Å². The van der Waals surface area contributed by atoms with Gasteiger partial charge in [-0.15, -0.1) is 0 Å². The lowest BCUT2D eigenvalue weighted by Gasteiger charge is -2.33. The van der Waals surface area contributed by atoms with Crippen molar-refractivity contribution in [2.24, 2.45) is 11.1 Å². The van der Waals surface area contributed by atoms with Crippen LogP contribution in [-0.4, -0.2) is 47.9 Å². The number of nitrogens with two attached hydrogens (primary N) is 1. The first-order chi connectivity index (χ1) is 11.1. The van der Waals surface area contributed by atoms with Crippen molar-refractivity contribution in [3.8, 4) is 0 Å². The van der Waals surface area contributed by atoms with E-state index in [9.17, 15) is 9.90 Å². The predicted molar refractivity (Wildman–Crippen MR) is 96.0 cm³/mol. The van der Waals surface area contributed by atoms with Crippen LogP contribution in [0.25, 0.3) is 0 Å². The van der Waals surface area contributed by atoms with Crippen LogP contribution in [0.1, 0.15) is 32.3 Å². The Morgan fingerprint density at radius 1 is 1.33 bits per heavy atom. The van der Waals surface area contributed by atoms with Gasteiger partial charge in [0.05, 0.1) is 28.8 Å². The predicted octanol–water partition coefficient (Wildman–Crippen LogP) is 3.83. The normalized spacial score (nSPS) is 25.4. The lowest BCUT2D eigenvalue weighted by atomic mass is 9.88. The first kappa shape index (κ1) is 19.3. The highest BCUT2D eigenvalue weighted by atomic mass is 35.5. The van der Waals surface area contributed by atoms with Crippen LogP contribution in [0.4, 0.5) is 4.79 Å². The zero-order chi connectivity index (χ0) is 18.1. The summed E-state index contributed by atoms with van der Waals surface area (Å²) in [5.74, 6) is -0.201.